The highest BCUT2D eigenvalue weighted by molar-refractivity contribution is 9.09. The van der Waals surface area contributed by atoms with Crippen LogP contribution in [-0.4, -0.2) is 17.3 Å². The molecule has 1 aliphatic heterocycles. The van der Waals surface area contributed by atoms with Gasteiger partial charge in [-0.2, -0.15) is 0 Å². The normalized spacial score (nSPS) is 21.4. The predicted octanol–water partition coefficient (Wildman–Crippen LogP) is 4.44. The summed E-state index contributed by atoms with van der Waals surface area (Å²) in [6.07, 6.45) is 2.27. The number of benzene rings is 2. The maximum absolute atomic E-state index is 5.73. The molecule has 2 aromatic rings. The summed E-state index contributed by atoms with van der Waals surface area (Å²) < 4.78 is 5.73. The summed E-state index contributed by atoms with van der Waals surface area (Å²) in [6.45, 7) is 0. The largest absolute Gasteiger partial charge is 0.477 e. The molecule has 1 aliphatic rings. The molecule has 92 valence electrons. The van der Waals surface area contributed by atoms with E-state index in [0.29, 0.717) is 0 Å². The van der Waals surface area contributed by atoms with Crippen LogP contribution in [0.5, 0.6) is 0 Å². The van der Waals surface area contributed by atoms with E-state index in [0.717, 1.165) is 29.8 Å². The highest BCUT2D eigenvalue weighted by Gasteiger charge is 2.20. The first kappa shape index (κ1) is 11.7. The van der Waals surface area contributed by atoms with Gasteiger partial charge in [0, 0.05) is 11.8 Å². The molecule has 18 heavy (non-hydrogen) atoms. The highest BCUT2D eigenvalue weighted by atomic mass is 79.9. The van der Waals surface area contributed by atoms with Gasteiger partial charge in [-0.3, -0.25) is 0 Å². The molecule has 1 fully saturated rings. The lowest BCUT2D eigenvalue weighted by Gasteiger charge is -2.05. The quantitative estimate of drug-likeness (QED) is 0.751. The fourth-order valence-corrected chi connectivity index (χ4v) is 2.63. The van der Waals surface area contributed by atoms with Crippen LogP contribution in [0.25, 0.3) is 10.8 Å². The van der Waals surface area contributed by atoms with E-state index in [1.165, 1.54) is 10.8 Å². The van der Waals surface area contributed by atoms with Crippen molar-refractivity contribution in [3.05, 3.63) is 42.5 Å². The molecule has 0 aromatic heterocycles. The van der Waals surface area contributed by atoms with E-state index in [4.69, 9.17) is 4.74 Å². The predicted molar refractivity (Wildman–Crippen MR) is 78.9 cm³/mol. The van der Waals surface area contributed by atoms with E-state index in [1.807, 2.05) is 12.1 Å². The summed E-state index contributed by atoms with van der Waals surface area (Å²) in [5.74, 6) is 0.856. The maximum Gasteiger partial charge on any atom is 0.188 e. The summed E-state index contributed by atoms with van der Waals surface area (Å²) in [4.78, 5) is 4.58. The van der Waals surface area contributed by atoms with E-state index in [-0.39, 0.29) is 6.10 Å². The number of alkyl halides is 1. The number of nitrogens with zero attached hydrogens (tertiary/aromatic N) is 1. The Kier molecular flexibility index (Phi) is 3.33. The lowest BCUT2D eigenvalue weighted by molar-refractivity contribution is 0.246. The molecule has 1 saturated heterocycles. The number of ether oxygens (including phenoxy) is 1. The Morgan fingerprint density at radius 1 is 1.17 bits per heavy atom. The molecule has 1 heterocycles. The van der Waals surface area contributed by atoms with E-state index in [1.54, 1.807) is 0 Å². The minimum absolute atomic E-state index is 0.282. The molecule has 2 aromatic carbocycles. The molecule has 0 N–H and O–H groups in total. The van der Waals surface area contributed by atoms with Crippen LogP contribution in [0.15, 0.2) is 47.5 Å². The van der Waals surface area contributed by atoms with Gasteiger partial charge in [0.25, 0.3) is 0 Å². The maximum atomic E-state index is 5.73. The fourth-order valence-electron chi connectivity index (χ4n) is 2.18. The number of hydrogen-bond acceptors (Lipinski definition) is 2. The monoisotopic (exact) mass is 303 g/mol. The Morgan fingerprint density at radius 2 is 2.00 bits per heavy atom. The van der Waals surface area contributed by atoms with Crippen molar-refractivity contribution in [2.75, 3.05) is 5.33 Å². The second-order valence-electron chi connectivity index (χ2n) is 4.47. The van der Waals surface area contributed by atoms with Crippen molar-refractivity contribution in [2.45, 2.75) is 18.9 Å². The van der Waals surface area contributed by atoms with Crippen LogP contribution in [0.4, 0.5) is 5.69 Å². The first-order valence-corrected chi connectivity index (χ1v) is 7.26. The second kappa shape index (κ2) is 5.11. The summed E-state index contributed by atoms with van der Waals surface area (Å²) in [6, 6.07) is 14.6. The van der Waals surface area contributed by atoms with E-state index in [9.17, 15) is 0 Å². The van der Waals surface area contributed by atoms with Crippen LogP contribution in [0.1, 0.15) is 12.8 Å². The molecule has 0 radical (unpaired) electrons. The summed E-state index contributed by atoms with van der Waals surface area (Å²) >= 11 is 3.44. The molecular weight excluding hydrogens is 290 g/mol. The molecule has 0 aliphatic carbocycles. The molecular formula is C15H14BrNO. The van der Waals surface area contributed by atoms with Crippen molar-refractivity contribution in [1.29, 1.82) is 0 Å². The number of hydrogen-bond donors (Lipinski definition) is 0. The van der Waals surface area contributed by atoms with Gasteiger partial charge >= 0.3 is 0 Å². The minimum Gasteiger partial charge on any atom is -0.477 e. The van der Waals surface area contributed by atoms with E-state index in [2.05, 4.69) is 51.3 Å². The van der Waals surface area contributed by atoms with Crippen molar-refractivity contribution in [1.82, 2.24) is 0 Å². The summed E-state index contributed by atoms with van der Waals surface area (Å²) in [5, 5.41) is 3.34. The number of rotatable bonds is 2. The lowest BCUT2D eigenvalue weighted by Crippen LogP contribution is -2.07. The molecule has 0 saturated carbocycles. The van der Waals surface area contributed by atoms with Crippen LogP contribution >= 0.6 is 15.9 Å². The summed E-state index contributed by atoms with van der Waals surface area (Å²) in [7, 11) is 0. The zero-order valence-electron chi connectivity index (χ0n) is 9.97. The molecule has 3 rings (SSSR count). The van der Waals surface area contributed by atoms with Crippen molar-refractivity contribution < 1.29 is 4.74 Å². The van der Waals surface area contributed by atoms with Crippen LogP contribution < -0.4 is 0 Å². The lowest BCUT2D eigenvalue weighted by atomic mass is 10.1. The Morgan fingerprint density at radius 3 is 2.78 bits per heavy atom. The van der Waals surface area contributed by atoms with Crippen molar-refractivity contribution in [3.63, 3.8) is 0 Å². The van der Waals surface area contributed by atoms with E-state index >= 15 is 0 Å². The van der Waals surface area contributed by atoms with Gasteiger partial charge in [-0.05, 0) is 29.3 Å². The molecule has 2 nitrogen and oxygen atoms in total. The first-order valence-electron chi connectivity index (χ1n) is 6.14. The molecule has 0 bridgehead atoms. The fraction of sp³-hybridized carbons (Fsp3) is 0.267. The standard InChI is InChI=1S/C15H14BrNO/c16-10-14-7-8-15(18-14)17-13-6-5-11-3-1-2-4-12(11)9-13/h1-6,9,14H,7-8,10H2. The smallest absolute Gasteiger partial charge is 0.188 e. The number of aliphatic imine (C=N–C) groups is 1. The molecule has 3 heteroatoms. The minimum atomic E-state index is 0.282. The van der Waals surface area contributed by atoms with Gasteiger partial charge in [0.05, 0.1) is 5.69 Å². The van der Waals surface area contributed by atoms with Gasteiger partial charge in [0.15, 0.2) is 5.90 Å². The summed E-state index contributed by atoms with van der Waals surface area (Å²) in [5.41, 5.74) is 0.971. The molecule has 1 unspecified atom stereocenters. The Labute approximate surface area is 115 Å². The SMILES string of the molecule is BrCC1CCC(=Nc2ccc3ccccc3c2)O1. The second-order valence-corrected chi connectivity index (χ2v) is 5.12. The van der Waals surface area contributed by atoms with Crippen LogP contribution in [0, 0.1) is 0 Å². The van der Waals surface area contributed by atoms with Gasteiger partial charge in [0.1, 0.15) is 6.10 Å². The van der Waals surface area contributed by atoms with E-state index < -0.39 is 0 Å². The average Bonchev–Trinajstić information content (AvgIpc) is 2.86. The third kappa shape index (κ3) is 2.41. The van der Waals surface area contributed by atoms with Crippen molar-refractivity contribution >= 4 is 38.3 Å². The third-order valence-corrected chi connectivity index (χ3v) is 3.86. The van der Waals surface area contributed by atoms with Gasteiger partial charge in [-0.15, -0.1) is 0 Å². The van der Waals surface area contributed by atoms with Crippen LogP contribution in [0.2, 0.25) is 0 Å². The van der Waals surface area contributed by atoms with Gasteiger partial charge in [-0.1, -0.05) is 46.3 Å². The highest BCUT2D eigenvalue weighted by Crippen LogP contribution is 2.24. The van der Waals surface area contributed by atoms with Crippen LogP contribution in [0.3, 0.4) is 0 Å². The van der Waals surface area contributed by atoms with Gasteiger partial charge in [0.2, 0.25) is 0 Å². The van der Waals surface area contributed by atoms with Gasteiger partial charge < -0.3 is 4.74 Å². The zero-order valence-corrected chi connectivity index (χ0v) is 11.6. The van der Waals surface area contributed by atoms with Gasteiger partial charge in [-0.25, -0.2) is 4.99 Å². The topological polar surface area (TPSA) is 21.6 Å². The number of halogens is 1. The Hall–Kier alpha value is -1.35. The Bertz CT molecular complexity index is 594. The molecule has 0 amide bonds. The van der Waals surface area contributed by atoms with Crippen LogP contribution in [-0.2, 0) is 4.74 Å². The van der Waals surface area contributed by atoms with Crippen molar-refractivity contribution in [3.8, 4) is 0 Å². The number of fused-ring (bicyclic) bond motifs is 1. The zero-order chi connectivity index (χ0) is 12.4. The van der Waals surface area contributed by atoms with Crippen molar-refractivity contribution in [2.24, 2.45) is 4.99 Å². The molecule has 1 atom stereocenters. The third-order valence-electron chi connectivity index (χ3n) is 3.14. The Balaban J connectivity index is 1.89. The average molecular weight is 304 g/mol. The first-order chi connectivity index (χ1) is 8.85. The molecule has 0 spiro atoms.